The smallest absolute Gasteiger partial charge is 0.0436 e. The third-order valence-electron chi connectivity index (χ3n) is 4.67. The molecule has 0 amide bonds. The molecule has 0 spiro atoms. The number of hydrogen-bond donors (Lipinski definition) is 0. The molecule has 0 saturated heterocycles. The summed E-state index contributed by atoms with van der Waals surface area (Å²) in [7, 11) is 0. The molecular formula is C15H25Cl. The number of allylic oxidation sites excluding steroid dienone is 2. The van der Waals surface area contributed by atoms with Crippen LogP contribution in [0.5, 0.6) is 0 Å². The van der Waals surface area contributed by atoms with Crippen molar-refractivity contribution in [2.75, 3.05) is 5.88 Å². The quantitative estimate of drug-likeness (QED) is 0.463. The van der Waals surface area contributed by atoms with Gasteiger partial charge in [-0.25, -0.2) is 0 Å². The van der Waals surface area contributed by atoms with Gasteiger partial charge >= 0.3 is 0 Å². The zero-order valence-electron chi connectivity index (χ0n) is 10.6. The third-order valence-corrected chi connectivity index (χ3v) is 4.99. The van der Waals surface area contributed by atoms with Crippen molar-refractivity contribution in [2.24, 2.45) is 11.8 Å². The van der Waals surface area contributed by atoms with Crippen molar-refractivity contribution < 1.29 is 0 Å². The molecule has 0 aromatic rings. The van der Waals surface area contributed by atoms with Crippen LogP contribution < -0.4 is 0 Å². The standard InChI is InChI=1S/C15H25Cl/c1-2-12-7-3-5-9-14(12)15-10-6-4-8-13(15)11-16/h12,14H,2-11H2,1H3. The van der Waals surface area contributed by atoms with E-state index in [0.29, 0.717) is 0 Å². The summed E-state index contributed by atoms with van der Waals surface area (Å²) in [6, 6.07) is 0. The Hall–Kier alpha value is 0.0300. The molecule has 1 saturated carbocycles. The normalized spacial score (nSPS) is 31.9. The molecule has 2 rings (SSSR count). The Balaban J connectivity index is 2.16. The van der Waals surface area contributed by atoms with Crippen molar-refractivity contribution in [3.8, 4) is 0 Å². The number of alkyl halides is 1. The highest BCUT2D eigenvalue weighted by Gasteiger charge is 2.29. The van der Waals surface area contributed by atoms with Crippen molar-refractivity contribution in [1.82, 2.24) is 0 Å². The van der Waals surface area contributed by atoms with E-state index in [4.69, 9.17) is 11.6 Å². The maximum Gasteiger partial charge on any atom is 0.0436 e. The van der Waals surface area contributed by atoms with Crippen molar-refractivity contribution >= 4 is 11.6 Å². The van der Waals surface area contributed by atoms with Crippen molar-refractivity contribution in [3.63, 3.8) is 0 Å². The van der Waals surface area contributed by atoms with Gasteiger partial charge in [-0.1, -0.05) is 37.3 Å². The van der Waals surface area contributed by atoms with E-state index in [9.17, 15) is 0 Å². The zero-order valence-corrected chi connectivity index (χ0v) is 11.4. The first-order chi connectivity index (χ1) is 7.86. The van der Waals surface area contributed by atoms with Crippen LogP contribution in [-0.4, -0.2) is 5.88 Å². The van der Waals surface area contributed by atoms with E-state index < -0.39 is 0 Å². The fraction of sp³-hybridized carbons (Fsp3) is 0.867. The first kappa shape index (κ1) is 12.5. The van der Waals surface area contributed by atoms with Gasteiger partial charge in [0.15, 0.2) is 0 Å². The van der Waals surface area contributed by atoms with Gasteiger partial charge in [-0.15, -0.1) is 11.6 Å². The Morgan fingerprint density at radius 1 is 1.06 bits per heavy atom. The Morgan fingerprint density at radius 3 is 2.56 bits per heavy atom. The predicted octanol–water partition coefficient (Wildman–Crippen LogP) is 5.31. The monoisotopic (exact) mass is 240 g/mol. The van der Waals surface area contributed by atoms with E-state index in [2.05, 4.69) is 6.92 Å². The summed E-state index contributed by atoms with van der Waals surface area (Å²) >= 11 is 6.13. The molecule has 0 nitrogen and oxygen atoms in total. The Kier molecular flexibility index (Phi) is 4.76. The second-order valence-electron chi connectivity index (χ2n) is 5.53. The minimum atomic E-state index is 0.794. The molecule has 1 fully saturated rings. The molecule has 92 valence electrons. The molecule has 2 unspecified atom stereocenters. The lowest BCUT2D eigenvalue weighted by molar-refractivity contribution is 0.255. The fourth-order valence-corrected chi connectivity index (χ4v) is 4.05. The SMILES string of the molecule is CCC1CCCCC1C1=C(CCl)CCCC1. The third kappa shape index (κ3) is 2.64. The molecule has 0 N–H and O–H groups in total. The van der Waals surface area contributed by atoms with Crippen LogP contribution >= 0.6 is 11.6 Å². The highest BCUT2D eigenvalue weighted by atomic mass is 35.5. The first-order valence-electron chi connectivity index (χ1n) is 7.13. The van der Waals surface area contributed by atoms with Crippen LogP contribution in [-0.2, 0) is 0 Å². The summed E-state index contributed by atoms with van der Waals surface area (Å²) in [5.74, 6) is 2.65. The molecule has 0 aromatic carbocycles. The first-order valence-corrected chi connectivity index (χ1v) is 7.67. The zero-order chi connectivity index (χ0) is 11.4. The minimum Gasteiger partial charge on any atom is -0.122 e. The maximum atomic E-state index is 6.13. The molecule has 0 bridgehead atoms. The summed E-state index contributed by atoms with van der Waals surface area (Å²) in [5, 5.41) is 0. The van der Waals surface area contributed by atoms with E-state index in [-0.39, 0.29) is 0 Å². The van der Waals surface area contributed by atoms with Gasteiger partial charge in [0.05, 0.1) is 0 Å². The lowest BCUT2D eigenvalue weighted by Crippen LogP contribution is -2.23. The largest absolute Gasteiger partial charge is 0.122 e. The molecule has 2 aliphatic carbocycles. The van der Waals surface area contributed by atoms with Crippen LogP contribution in [0.1, 0.15) is 64.7 Å². The average molecular weight is 241 g/mol. The van der Waals surface area contributed by atoms with E-state index in [0.717, 1.165) is 17.7 Å². The fourth-order valence-electron chi connectivity index (χ4n) is 3.75. The number of halogens is 1. The topological polar surface area (TPSA) is 0 Å². The summed E-state index contributed by atoms with van der Waals surface area (Å²) < 4.78 is 0. The van der Waals surface area contributed by atoms with Crippen molar-refractivity contribution in [3.05, 3.63) is 11.1 Å². The highest BCUT2D eigenvalue weighted by Crippen LogP contribution is 2.42. The predicted molar refractivity (Wildman–Crippen MR) is 72.0 cm³/mol. The summed E-state index contributed by atoms with van der Waals surface area (Å²) in [6.07, 6.45) is 12.6. The number of rotatable bonds is 3. The van der Waals surface area contributed by atoms with Crippen LogP contribution in [0.4, 0.5) is 0 Å². The summed E-state index contributed by atoms with van der Waals surface area (Å²) in [4.78, 5) is 0. The van der Waals surface area contributed by atoms with E-state index in [1.807, 2.05) is 0 Å². The molecule has 0 aromatic heterocycles. The summed E-state index contributed by atoms with van der Waals surface area (Å²) in [5.41, 5.74) is 3.39. The van der Waals surface area contributed by atoms with Gasteiger partial charge in [0.1, 0.15) is 0 Å². The van der Waals surface area contributed by atoms with E-state index >= 15 is 0 Å². The molecule has 2 atom stereocenters. The van der Waals surface area contributed by atoms with Crippen LogP contribution in [0.25, 0.3) is 0 Å². The van der Waals surface area contributed by atoms with Gasteiger partial charge in [0.2, 0.25) is 0 Å². The summed E-state index contributed by atoms with van der Waals surface area (Å²) in [6.45, 7) is 2.37. The van der Waals surface area contributed by atoms with Crippen LogP contribution in [0.3, 0.4) is 0 Å². The van der Waals surface area contributed by atoms with Gasteiger partial charge < -0.3 is 0 Å². The van der Waals surface area contributed by atoms with E-state index in [1.165, 1.54) is 57.8 Å². The second kappa shape index (κ2) is 6.10. The average Bonchev–Trinajstić information content (AvgIpc) is 2.38. The lowest BCUT2D eigenvalue weighted by Gasteiger charge is -2.36. The minimum absolute atomic E-state index is 0.794. The van der Waals surface area contributed by atoms with E-state index in [1.54, 1.807) is 11.1 Å². The van der Waals surface area contributed by atoms with Gasteiger partial charge in [-0.05, 0) is 50.4 Å². The lowest BCUT2D eigenvalue weighted by atomic mass is 9.70. The van der Waals surface area contributed by atoms with Crippen molar-refractivity contribution in [1.29, 1.82) is 0 Å². The van der Waals surface area contributed by atoms with Gasteiger partial charge in [-0.2, -0.15) is 0 Å². The second-order valence-corrected chi connectivity index (χ2v) is 5.80. The van der Waals surface area contributed by atoms with Gasteiger partial charge in [-0.3, -0.25) is 0 Å². The van der Waals surface area contributed by atoms with Gasteiger partial charge in [0, 0.05) is 5.88 Å². The molecule has 16 heavy (non-hydrogen) atoms. The highest BCUT2D eigenvalue weighted by molar-refractivity contribution is 6.19. The molecular weight excluding hydrogens is 216 g/mol. The molecule has 2 aliphatic rings. The Labute approximate surface area is 105 Å². The van der Waals surface area contributed by atoms with Crippen LogP contribution in [0.2, 0.25) is 0 Å². The molecule has 0 aliphatic heterocycles. The number of hydrogen-bond acceptors (Lipinski definition) is 0. The van der Waals surface area contributed by atoms with Crippen LogP contribution in [0, 0.1) is 11.8 Å². The van der Waals surface area contributed by atoms with Crippen molar-refractivity contribution in [2.45, 2.75) is 64.7 Å². The molecule has 0 heterocycles. The Bertz CT molecular complexity index is 254. The molecule has 1 heteroatoms. The molecule has 0 radical (unpaired) electrons. The van der Waals surface area contributed by atoms with Gasteiger partial charge in [0.25, 0.3) is 0 Å². The van der Waals surface area contributed by atoms with Crippen LogP contribution in [0.15, 0.2) is 11.1 Å². The maximum absolute atomic E-state index is 6.13. The Morgan fingerprint density at radius 2 is 1.81 bits per heavy atom.